The summed E-state index contributed by atoms with van der Waals surface area (Å²) in [7, 11) is -3.13. The fourth-order valence-corrected chi connectivity index (χ4v) is 5.59. The number of aryl methyl sites for hydroxylation is 1. The Balaban J connectivity index is 1.48. The second-order valence-corrected chi connectivity index (χ2v) is 10.7. The van der Waals surface area contributed by atoms with Crippen molar-refractivity contribution in [3.05, 3.63) is 22.8 Å². The summed E-state index contributed by atoms with van der Waals surface area (Å²) in [5, 5.41) is 14.7. The van der Waals surface area contributed by atoms with Crippen LogP contribution in [0.25, 0.3) is 10.7 Å². The number of sulfonamides is 1. The number of rotatable bonds is 5. The molecule has 28 heavy (non-hydrogen) atoms. The summed E-state index contributed by atoms with van der Waals surface area (Å²) in [6, 6.07) is 0.135. The number of anilines is 1. The van der Waals surface area contributed by atoms with Gasteiger partial charge in [-0.25, -0.2) is 27.7 Å². The van der Waals surface area contributed by atoms with Gasteiger partial charge >= 0.3 is 0 Å². The number of aliphatic hydroxyl groups is 1. The van der Waals surface area contributed by atoms with E-state index in [0.29, 0.717) is 31.9 Å². The normalized spacial score (nSPS) is 20.7. The van der Waals surface area contributed by atoms with Crippen molar-refractivity contribution in [1.29, 1.82) is 0 Å². The van der Waals surface area contributed by atoms with Crippen LogP contribution in [0.2, 0.25) is 0 Å². The van der Waals surface area contributed by atoms with Gasteiger partial charge in [0.25, 0.3) is 0 Å². The zero-order valence-electron chi connectivity index (χ0n) is 16.1. The van der Waals surface area contributed by atoms with Gasteiger partial charge in [0, 0.05) is 31.5 Å². The molecule has 0 bridgehead atoms. The third kappa shape index (κ3) is 3.91. The number of hydrogen-bond donors (Lipinski definition) is 2. The van der Waals surface area contributed by atoms with Crippen molar-refractivity contribution in [2.24, 2.45) is 0 Å². The van der Waals surface area contributed by atoms with Gasteiger partial charge in [0.15, 0.2) is 0 Å². The van der Waals surface area contributed by atoms with E-state index in [9.17, 15) is 13.5 Å². The summed E-state index contributed by atoms with van der Waals surface area (Å²) in [4.78, 5) is 14.4. The summed E-state index contributed by atoms with van der Waals surface area (Å²) in [6.45, 7) is 2.95. The topological polar surface area (TPSA) is 108 Å². The molecule has 2 fully saturated rings. The lowest BCUT2D eigenvalue weighted by atomic mass is 9.79. The monoisotopic (exact) mass is 423 g/mol. The van der Waals surface area contributed by atoms with Crippen LogP contribution in [-0.4, -0.2) is 58.2 Å². The smallest absolute Gasteiger partial charge is 0.223 e. The van der Waals surface area contributed by atoms with Gasteiger partial charge in [0.2, 0.25) is 16.0 Å². The molecule has 4 rings (SSSR count). The number of piperidine rings is 1. The Bertz CT molecular complexity index is 963. The third-order valence-corrected chi connectivity index (χ3v) is 8.08. The van der Waals surface area contributed by atoms with E-state index in [0.717, 1.165) is 40.4 Å². The first-order valence-electron chi connectivity index (χ1n) is 9.49. The SMILES string of the molecule is Cc1cnc(NC2CCN(S(C)(=O)=O)CC2)nc1-c1ncc(C2(O)CCC2)s1. The molecule has 2 aromatic heterocycles. The molecule has 0 aromatic carbocycles. The molecule has 0 unspecified atom stereocenters. The summed E-state index contributed by atoms with van der Waals surface area (Å²) < 4.78 is 24.8. The highest BCUT2D eigenvalue weighted by Crippen LogP contribution is 2.44. The van der Waals surface area contributed by atoms with E-state index in [-0.39, 0.29) is 6.04 Å². The molecule has 10 heteroatoms. The van der Waals surface area contributed by atoms with Crippen LogP contribution in [0.1, 0.15) is 42.5 Å². The van der Waals surface area contributed by atoms with Crippen LogP contribution >= 0.6 is 11.3 Å². The Morgan fingerprint density at radius 2 is 1.96 bits per heavy atom. The van der Waals surface area contributed by atoms with E-state index in [1.165, 1.54) is 21.9 Å². The second-order valence-electron chi connectivity index (χ2n) is 7.72. The summed E-state index contributed by atoms with van der Waals surface area (Å²) in [6.07, 6.45) is 8.83. The van der Waals surface area contributed by atoms with Gasteiger partial charge in [0.1, 0.15) is 16.3 Å². The first-order valence-corrected chi connectivity index (χ1v) is 12.2. The van der Waals surface area contributed by atoms with Gasteiger partial charge in [-0.05, 0) is 44.6 Å². The highest BCUT2D eigenvalue weighted by molar-refractivity contribution is 7.88. The molecule has 2 N–H and O–H groups in total. The van der Waals surface area contributed by atoms with Crippen molar-refractivity contribution in [2.45, 2.75) is 50.7 Å². The van der Waals surface area contributed by atoms with E-state index in [4.69, 9.17) is 0 Å². The highest BCUT2D eigenvalue weighted by atomic mass is 32.2. The molecule has 0 atom stereocenters. The Hall–Kier alpha value is -1.62. The maximum absolute atomic E-state index is 11.6. The Labute approximate surface area is 169 Å². The number of nitrogens with zero attached hydrogens (tertiary/aromatic N) is 4. The maximum atomic E-state index is 11.6. The van der Waals surface area contributed by atoms with E-state index in [2.05, 4.69) is 20.3 Å². The lowest BCUT2D eigenvalue weighted by Gasteiger charge is -2.35. The quantitative estimate of drug-likeness (QED) is 0.758. The van der Waals surface area contributed by atoms with Crippen molar-refractivity contribution >= 4 is 27.3 Å². The number of aromatic nitrogens is 3. The fraction of sp³-hybridized carbons (Fsp3) is 0.611. The molecule has 8 nitrogen and oxygen atoms in total. The molecule has 3 heterocycles. The fourth-order valence-electron chi connectivity index (χ4n) is 3.60. The molecule has 152 valence electrons. The van der Waals surface area contributed by atoms with Crippen LogP contribution in [0, 0.1) is 6.92 Å². The zero-order chi connectivity index (χ0) is 19.9. The van der Waals surface area contributed by atoms with Crippen molar-refractivity contribution in [2.75, 3.05) is 24.7 Å². The van der Waals surface area contributed by atoms with Crippen LogP contribution in [-0.2, 0) is 15.6 Å². The minimum absolute atomic E-state index is 0.135. The Morgan fingerprint density at radius 1 is 1.25 bits per heavy atom. The summed E-state index contributed by atoms with van der Waals surface area (Å²) in [5.74, 6) is 0.525. The average molecular weight is 424 g/mol. The van der Waals surface area contributed by atoms with E-state index in [1.807, 2.05) is 6.92 Å². The lowest BCUT2D eigenvalue weighted by Crippen LogP contribution is -2.42. The zero-order valence-corrected chi connectivity index (χ0v) is 17.7. The van der Waals surface area contributed by atoms with Gasteiger partial charge in [-0.3, -0.25) is 0 Å². The molecule has 0 radical (unpaired) electrons. The van der Waals surface area contributed by atoms with Crippen LogP contribution in [0.5, 0.6) is 0 Å². The van der Waals surface area contributed by atoms with Gasteiger partial charge in [-0.15, -0.1) is 11.3 Å². The molecule has 1 aliphatic heterocycles. The minimum Gasteiger partial charge on any atom is -0.384 e. The molecule has 0 amide bonds. The maximum Gasteiger partial charge on any atom is 0.223 e. The first-order chi connectivity index (χ1) is 13.2. The van der Waals surface area contributed by atoms with E-state index >= 15 is 0 Å². The summed E-state index contributed by atoms with van der Waals surface area (Å²) in [5.41, 5.74) is 0.982. The molecule has 1 aliphatic carbocycles. The summed E-state index contributed by atoms with van der Waals surface area (Å²) >= 11 is 1.49. The van der Waals surface area contributed by atoms with Gasteiger partial charge in [-0.2, -0.15) is 0 Å². The largest absolute Gasteiger partial charge is 0.384 e. The number of nitrogens with one attached hydrogen (secondary N) is 1. The first kappa shape index (κ1) is 19.7. The predicted molar refractivity (Wildman–Crippen MR) is 109 cm³/mol. The van der Waals surface area contributed by atoms with Crippen LogP contribution < -0.4 is 5.32 Å². The van der Waals surface area contributed by atoms with E-state index < -0.39 is 15.6 Å². The minimum atomic E-state index is -3.13. The lowest BCUT2D eigenvalue weighted by molar-refractivity contribution is -0.0356. The van der Waals surface area contributed by atoms with Crippen LogP contribution in [0.4, 0.5) is 5.95 Å². The molecule has 0 spiro atoms. The standard InChI is InChI=1S/C18H25N5O3S2/c1-12-10-20-17(21-13-4-8-23(9-5-13)28(2,25)26)22-15(12)16-19-11-14(27-16)18(24)6-3-7-18/h10-11,13,24H,3-9H2,1-2H3,(H,20,21,22). The molecule has 2 aliphatic rings. The van der Waals surface area contributed by atoms with Crippen molar-refractivity contribution < 1.29 is 13.5 Å². The van der Waals surface area contributed by atoms with Gasteiger partial charge in [0.05, 0.1) is 11.1 Å². The van der Waals surface area contributed by atoms with Crippen molar-refractivity contribution in [3.63, 3.8) is 0 Å². The average Bonchev–Trinajstić information content (AvgIpc) is 3.11. The highest BCUT2D eigenvalue weighted by Gasteiger charge is 2.38. The van der Waals surface area contributed by atoms with E-state index in [1.54, 1.807) is 12.4 Å². The van der Waals surface area contributed by atoms with Crippen LogP contribution in [0.15, 0.2) is 12.4 Å². The number of thiazole rings is 1. The molecular formula is C18H25N5O3S2. The van der Waals surface area contributed by atoms with Gasteiger partial charge in [-0.1, -0.05) is 0 Å². The van der Waals surface area contributed by atoms with Crippen LogP contribution in [0.3, 0.4) is 0 Å². The Morgan fingerprint density at radius 3 is 2.57 bits per heavy atom. The molecular weight excluding hydrogens is 398 g/mol. The third-order valence-electron chi connectivity index (χ3n) is 5.58. The predicted octanol–water partition coefficient (Wildman–Crippen LogP) is 2.12. The second kappa shape index (κ2) is 7.33. The van der Waals surface area contributed by atoms with Crippen molar-refractivity contribution in [3.8, 4) is 10.7 Å². The molecule has 1 saturated carbocycles. The van der Waals surface area contributed by atoms with Crippen molar-refractivity contribution in [1.82, 2.24) is 19.3 Å². The van der Waals surface area contributed by atoms with Gasteiger partial charge < -0.3 is 10.4 Å². The number of hydrogen-bond acceptors (Lipinski definition) is 8. The molecule has 2 aromatic rings. The molecule has 1 saturated heterocycles. The Kier molecular flexibility index (Phi) is 5.15.